The maximum Gasteiger partial charge on any atom is 0.222 e. The van der Waals surface area contributed by atoms with E-state index in [-0.39, 0.29) is 17.9 Å². The molecule has 0 amide bonds. The molecule has 6 heteroatoms. The van der Waals surface area contributed by atoms with Gasteiger partial charge < -0.3 is 15.4 Å². The van der Waals surface area contributed by atoms with Crippen molar-refractivity contribution >= 4 is 11.8 Å². The third-order valence-electron chi connectivity index (χ3n) is 2.87. The highest BCUT2D eigenvalue weighted by Crippen LogP contribution is 2.20. The number of anilines is 2. The summed E-state index contributed by atoms with van der Waals surface area (Å²) in [4.78, 5) is 9.41. The molecule has 2 rings (SSSR count). The van der Waals surface area contributed by atoms with E-state index in [1.54, 1.807) is 0 Å². The second kappa shape index (κ2) is 5.27. The Bertz CT molecular complexity index is 382. The molecule has 5 nitrogen and oxygen atoms in total. The van der Waals surface area contributed by atoms with Gasteiger partial charge >= 0.3 is 0 Å². The van der Waals surface area contributed by atoms with Crippen LogP contribution in [0.3, 0.4) is 0 Å². The molecule has 2 N–H and O–H groups in total. The quantitative estimate of drug-likeness (QED) is 0.856. The number of likely N-dealkylation sites (N-methyl/N-ethyl adjacent to an activating group) is 1. The fraction of sp³-hybridized carbons (Fsp3) is 0.636. The van der Waals surface area contributed by atoms with Crippen molar-refractivity contribution < 1.29 is 9.13 Å². The van der Waals surface area contributed by atoms with E-state index in [0.717, 1.165) is 25.6 Å². The van der Waals surface area contributed by atoms with Crippen LogP contribution in [0.5, 0.6) is 0 Å². The molecule has 0 aromatic carbocycles. The fourth-order valence-corrected chi connectivity index (χ4v) is 1.99. The van der Waals surface area contributed by atoms with Gasteiger partial charge in [-0.3, -0.25) is 0 Å². The van der Waals surface area contributed by atoms with Gasteiger partial charge in [-0.25, -0.2) is 9.37 Å². The largest absolute Gasteiger partial charge is 0.376 e. The molecule has 2 heterocycles. The first kappa shape index (κ1) is 12.0. The topological polar surface area (TPSA) is 64.3 Å². The average Bonchev–Trinajstić information content (AvgIpc) is 2.82. The van der Waals surface area contributed by atoms with Crippen LogP contribution in [0.25, 0.3) is 0 Å². The van der Waals surface area contributed by atoms with E-state index in [1.807, 2.05) is 11.8 Å². The van der Waals surface area contributed by atoms with Crippen molar-refractivity contribution in [3.63, 3.8) is 0 Å². The molecule has 0 aliphatic carbocycles. The number of nitrogen functional groups attached to an aromatic ring is 1. The van der Waals surface area contributed by atoms with Crippen LogP contribution in [0.4, 0.5) is 16.2 Å². The number of hydrogen-bond acceptors (Lipinski definition) is 5. The minimum atomic E-state index is -0.445. The van der Waals surface area contributed by atoms with E-state index in [2.05, 4.69) is 9.97 Å². The summed E-state index contributed by atoms with van der Waals surface area (Å²) in [6.45, 7) is 4.04. The van der Waals surface area contributed by atoms with Gasteiger partial charge in [-0.1, -0.05) is 0 Å². The molecule has 1 fully saturated rings. The van der Waals surface area contributed by atoms with E-state index < -0.39 is 5.82 Å². The van der Waals surface area contributed by atoms with E-state index in [1.165, 1.54) is 0 Å². The van der Waals surface area contributed by atoms with Crippen LogP contribution in [-0.4, -0.2) is 35.8 Å². The Hall–Kier alpha value is -1.43. The van der Waals surface area contributed by atoms with Crippen LogP contribution in [0.1, 0.15) is 19.8 Å². The van der Waals surface area contributed by atoms with E-state index in [0.29, 0.717) is 13.1 Å². The lowest BCUT2D eigenvalue weighted by atomic mass is 10.2. The van der Waals surface area contributed by atoms with Crippen molar-refractivity contribution in [3.05, 3.63) is 12.0 Å². The van der Waals surface area contributed by atoms with Crippen LogP contribution in [0.2, 0.25) is 0 Å². The molecule has 0 spiro atoms. The van der Waals surface area contributed by atoms with Crippen molar-refractivity contribution in [1.29, 1.82) is 0 Å². The monoisotopic (exact) mass is 240 g/mol. The molecular weight excluding hydrogens is 223 g/mol. The van der Waals surface area contributed by atoms with Crippen molar-refractivity contribution in [2.45, 2.75) is 25.9 Å². The Labute approximate surface area is 99.8 Å². The third kappa shape index (κ3) is 2.82. The molecule has 1 aromatic rings. The van der Waals surface area contributed by atoms with Gasteiger partial charge in [0, 0.05) is 19.7 Å². The fourth-order valence-electron chi connectivity index (χ4n) is 1.99. The van der Waals surface area contributed by atoms with E-state index in [4.69, 9.17) is 10.5 Å². The molecule has 17 heavy (non-hydrogen) atoms. The first-order chi connectivity index (χ1) is 8.20. The van der Waals surface area contributed by atoms with Gasteiger partial charge in [-0.15, -0.1) is 0 Å². The molecule has 1 aliphatic heterocycles. The summed E-state index contributed by atoms with van der Waals surface area (Å²) in [5.41, 5.74) is 5.48. The molecule has 0 radical (unpaired) electrons. The summed E-state index contributed by atoms with van der Waals surface area (Å²) in [7, 11) is 0. The Balaban J connectivity index is 2.13. The van der Waals surface area contributed by atoms with Crippen molar-refractivity contribution in [3.8, 4) is 0 Å². The summed E-state index contributed by atoms with van der Waals surface area (Å²) < 4.78 is 19.2. The lowest BCUT2D eigenvalue weighted by Gasteiger charge is -2.25. The smallest absolute Gasteiger partial charge is 0.222 e. The number of hydrogen-bond donors (Lipinski definition) is 1. The van der Waals surface area contributed by atoms with Crippen molar-refractivity contribution in [1.82, 2.24) is 9.97 Å². The highest BCUT2D eigenvalue weighted by molar-refractivity contribution is 5.42. The second-order valence-corrected chi connectivity index (χ2v) is 4.07. The van der Waals surface area contributed by atoms with Crippen LogP contribution < -0.4 is 10.6 Å². The first-order valence-corrected chi connectivity index (χ1v) is 5.85. The number of aromatic nitrogens is 2. The maximum absolute atomic E-state index is 13.6. The zero-order valence-corrected chi connectivity index (χ0v) is 9.90. The lowest BCUT2D eigenvalue weighted by molar-refractivity contribution is 0.115. The minimum absolute atomic E-state index is 0.0900. The van der Waals surface area contributed by atoms with E-state index in [9.17, 15) is 4.39 Å². The molecule has 1 aromatic heterocycles. The maximum atomic E-state index is 13.6. The van der Waals surface area contributed by atoms with E-state index >= 15 is 0 Å². The van der Waals surface area contributed by atoms with Crippen LogP contribution >= 0.6 is 0 Å². The van der Waals surface area contributed by atoms with Gasteiger partial charge in [-0.2, -0.15) is 4.98 Å². The first-order valence-electron chi connectivity index (χ1n) is 5.85. The van der Waals surface area contributed by atoms with Gasteiger partial charge in [0.05, 0.1) is 12.3 Å². The molecule has 0 bridgehead atoms. The second-order valence-electron chi connectivity index (χ2n) is 4.07. The average molecular weight is 240 g/mol. The highest BCUT2D eigenvalue weighted by atomic mass is 19.1. The summed E-state index contributed by atoms with van der Waals surface area (Å²) in [5, 5.41) is 0. The zero-order chi connectivity index (χ0) is 12.3. The molecule has 1 atom stereocenters. The van der Waals surface area contributed by atoms with Gasteiger partial charge in [0.2, 0.25) is 5.95 Å². The van der Waals surface area contributed by atoms with Crippen LogP contribution in [0, 0.1) is 5.82 Å². The minimum Gasteiger partial charge on any atom is -0.376 e. The number of rotatable bonds is 4. The van der Waals surface area contributed by atoms with Gasteiger partial charge in [0.1, 0.15) is 0 Å². The molecule has 1 aliphatic rings. The number of halogens is 1. The Kier molecular flexibility index (Phi) is 3.73. The van der Waals surface area contributed by atoms with Gasteiger partial charge in [0.25, 0.3) is 0 Å². The summed E-state index contributed by atoms with van der Waals surface area (Å²) in [6, 6.07) is 0. The van der Waals surface area contributed by atoms with Crippen LogP contribution in [0.15, 0.2) is 6.20 Å². The third-order valence-corrected chi connectivity index (χ3v) is 2.87. The Morgan fingerprint density at radius 1 is 1.65 bits per heavy atom. The van der Waals surface area contributed by atoms with Gasteiger partial charge in [0.15, 0.2) is 11.6 Å². The zero-order valence-electron chi connectivity index (χ0n) is 9.90. The predicted molar refractivity (Wildman–Crippen MR) is 63.3 cm³/mol. The summed E-state index contributed by atoms with van der Waals surface area (Å²) >= 11 is 0. The predicted octanol–water partition coefficient (Wildman–Crippen LogP) is 1.20. The van der Waals surface area contributed by atoms with Crippen molar-refractivity contribution in [2.75, 3.05) is 30.3 Å². The molecule has 94 valence electrons. The normalized spacial score (nSPS) is 19.5. The number of nitrogens with zero attached hydrogens (tertiary/aromatic N) is 3. The van der Waals surface area contributed by atoms with Gasteiger partial charge in [-0.05, 0) is 19.8 Å². The highest BCUT2D eigenvalue weighted by Gasteiger charge is 2.21. The lowest BCUT2D eigenvalue weighted by Crippen LogP contribution is -2.33. The summed E-state index contributed by atoms with van der Waals surface area (Å²) in [6.07, 6.45) is 3.34. The number of ether oxygens (including phenoxy) is 1. The summed E-state index contributed by atoms with van der Waals surface area (Å²) in [5.74, 6) is -0.0956. The van der Waals surface area contributed by atoms with Crippen LogP contribution in [-0.2, 0) is 4.74 Å². The molecule has 1 unspecified atom stereocenters. The molecule has 0 saturated carbocycles. The number of nitrogens with two attached hydrogens (primary N) is 1. The Morgan fingerprint density at radius 2 is 2.47 bits per heavy atom. The SMILES string of the molecule is CCN(CC1CCCO1)c1nc(N)ncc1F. The van der Waals surface area contributed by atoms with Crippen molar-refractivity contribution in [2.24, 2.45) is 0 Å². The standard InChI is InChI=1S/C11H17FN4O/c1-2-16(7-8-4-3-5-17-8)10-9(12)6-14-11(13)15-10/h6,8H,2-5,7H2,1H3,(H2,13,14,15). The molecular formula is C11H17FN4O. The molecule has 1 saturated heterocycles. The Morgan fingerprint density at radius 3 is 3.12 bits per heavy atom.